The first kappa shape index (κ1) is 15.6. The first-order valence-corrected chi connectivity index (χ1v) is 8.33. The fourth-order valence-electron chi connectivity index (χ4n) is 3.66. The first-order chi connectivity index (χ1) is 11.3. The Morgan fingerprint density at radius 2 is 1.70 bits per heavy atom. The number of carbonyl (C=O) groups is 1. The van der Waals surface area contributed by atoms with Gasteiger partial charge in [0.05, 0.1) is 12.1 Å². The van der Waals surface area contributed by atoms with Crippen LogP contribution in [0.5, 0.6) is 5.75 Å². The van der Waals surface area contributed by atoms with Crippen LogP contribution in [0.3, 0.4) is 0 Å². The Kier molecular flexibility index (Phi) is 4.65. The van der Waals surface area contributed by atoms with E-state index in [1.165, 1.54) is 5.56 Å². The summed E-state index contributed by atoms with van der Waals surface area (Å²) >= 11 is 0. The fraction of sp³-hybridized carbons (Fsp3) is 0.350. The highest BCUT2D eigenvalue weighted by Crippen LogP contribution is 2.45. The number of carbonyl (C=O) groups excluding carboxylic acids is 1. The van der Waals surface area contributed by atoms with Crippen molar-refractivity contribution in [3.8, 4) is 5.75 Å². The molecule has 1 fully saturated rings. The fourth-order valence-corrected chi connectivity index (χ4v) is 3.66. The van der Waals surface area contributed by atoms with Crippen LogP contribution in [0.1, 0.15) is 38.2 Å². The van der Waals surface area contributed by atoms with E-state index in [2.05, 4.69) is 24.3 Å². The molecule has 3 heteroatoms. The zero-order valence-electron chi connectivity index (χ0n) is 13.6. The summed E-state index contributed by atoms with van der Waals surface area (Å²) in [4.78, 5) is 13.9. The van der Waals surface area contributed by atoms with Crippen molar-refractivity contribution in [2.45, 2.75) is 38.1 Å². The Hall–Kier alpha value is -2.29. The highest BCUT2D eigenvalue weighted by Gasteiger charge is 2.41. The van der Waals surface area contributed by atoms with Crippen LogP contribution in [0.15, 0.2) is 54.6 Å². The average Bonchev–Trinajstić information content (AvgIpc) is 3.09. The molecule has 0 atom stereocenters. The van der Waals surface area contributed by atoms with Gasteiger partial charge >= 0.3 is 0 Å². The molecule has 0 heterocycles. The Bertz CT molecular complexity index is 630. The van der Waals surface area contributed by atoms with Gasteiger partial charge in [0.2, 0.25) is 6.41 Å². The number of rotatable bonds is 6. The average molecular weight is 309 g/mol. The van der Waals surface area contributed by atoms with Crippen LogP contribution in [0, 0.1) is 0 Å². The predicted octanol–water partition coefficient (Wildman–Crippen LogP) is 4.52. The third-order valence-corrected chi connectivity index (χ3v) is 4.73. The Labute approximate surface area is 137 Å². The van der Waals surface area contributed by atoms with E-state index in [1.54, 1.807) is 0 Å². The van der Waals surface area contributed by atoms with Gasteiger partial charge in [-0.2, -0.15) is 0 Å². The van der Waals surface area contributed by atoms with Gasteiger partial charge < -0.3 is 9.64 Å². The van der Waals surface area contributed by atoms with Gasteiger partial charge in [-0.05, 0) is 49.6 Å². The van der Waals surface area contributed by atoms with Crippen LogP contribution in [-0.2, 0) is 10.3 Å². The molecule has 23 heavy (non-hydrogen) atoms. The van der Waals surface area contributed by atoms with Crippen molar-refractivity contribution in [1.29, 1.82) is 0 Å². The van der Waals surface area contributed by atoms with Crippen molar-refractivity contribution < 1.29 is 9.53 Å². The highest BCUT2D eigenvalue weighted by atomic mass is 16.5. The molecule has 2 aromatic rings. The van der Waals surface area contributed by atoms with Gasteiger partial charge in [-0.25, -0.2) is 0 Å². The summed E-state index contributed by atoms with van der Waals surface area (Å²) in [6.07, 6.45) is 5.28. The van der Waals surface area contributed by atoms with E-state index in [-0.39, 0.29) is 5.54 Å². The molecule has 0 saturated heterocycles. The van der Waals surface area contributed by atoms with Gasteiger partial charge in [0.15, 0.2) is 0 Å². The number of anilines is 1. The molecule has 3 rings (SSSR count). The van der Waals surface area contributed by atoms with Crippen molar-refractivity contribution in [1.82, 2.24) is 0 Å². The van der Waals surface area contributed by atoms with Crippen LogP contribution >= 0.6 is 0 Å². The molecular formula is C20H23NO2. The van der Waals surface area contributed by atoms with Crippen LogP contribution < -0.4 is 9.64 Å². The number of benzene rings is 2. The van der Waals surface area contributed by atoms with Gasteiger partial charge in [0, 0.05) is 5.69 Å². The molecule has 0 aromatic heterocycles. The topological polar surface area (TPSA) is 29.5 Å². The molecule has 0 radical (unpaired) electrons. The highest BCUT2D eigenvalue weighted by molar-refractivity contribution is 5.78. The standard InChI is InChI=1S/C20H23NO2/c1-2-23-19-12-10-18(11-13-19)21(16-22)20(14-6-7-15-20)17-8-4-3-5-9-17/h3-5,8-13,16H,2,6-7,14-15H2,1H3. The van der Waals surface area contributed by atoms with Crippen molar-refractivity contribution in [2.75, 3.05) is 11.5 Å². The summed E-state index contributed by atoms with van der Waals surface area (Å²) in [7, 11) is 0. The largest absolute Gasteiger partial charge is 0.494 e. The minimum atomic E-state index is -0.226. The van der Waals surface area contributed by atoms with Gasteiger partial charge in [0.25, 0.3) is 0 Å². The normalized spacial score (nSPS) is 16.0. The lowest BCUT2D eigenvalue weighted by atomic mass is 9.86. The number of ether oxygens (including phenoxy) is 1. The molecule has 3 nitrogen and oxygen atoms in total. The minimum absolute atomic E-state index is 0.226. The molecule has 0 N–H and O–H groups in total. The lowest BCUT2D eigenvalue weighted by Gasteiger charge is -2.39. The first-order valence-electron chi connectivity index (χ1n) is 8.33. The second-order valence-electron chi connectivity index (χ2n) is 6.01. The Morgan fingerprint density at radius 1 is 1.04 bits per heavy atom. The zero-order valence-corrected chi connectivity index (χ0v) is 13.6. The van der Waals surface area contributed by atoms with Crippen LogP contribution in [0.2, 0.25) is 0 Å². The van der Waals surface area contributed by atoms with Crippen molar-refractivity contribution in [3.05, 3.63) is 60.2 Å². The third-order valence-electron chi connectivity index (χ3n) is 4.73. The van der Waals surface area contributed by atoms with Crippen molar-refractivity contribution >= 4 is 12.1 Å². The molecule has 0 spiro atoms. The smallest absolute Gasteiger partial charge is 0.214 e. The zero-order chi connectivity index (χ0) is 16.1. The molecule has 2 aromatic carbocycles. The molecule has 0 unspecified atom stereocenters. The molecule has 1 saturated carbocycles. The van der Waals surface area contributed by atoms with Gasteiger partial charge in [-0.3, -0.25) is 4.79 Å². The van der Waals surface area contributed by atoms with E-state index < -0.39 is 0 Å². The van der Waals surface area contributed by atoms with Crippen LogP contribution in [0.25, 0.3) is 0 Å². The predicted molar refractivity (Wildman–Crippen MR) is 92.7 cm³/mol. The summed E-state index contributed by atoms with van der Waals surface area (Å²) in [6, 6.07) is 18.2. The number of amides is 1. The molecule has 0 aliphatic heterocycles. The second kappa shape index (κ2) is 6.86. The number of hydrogen-bond donors (Lipinski definition) is 0. The Balaban J connectivity index is 1.98. The van der Waals surface area contributed by atoms with Crippen LogP contribution in [0.4, 0.5) is 5.69 Å². The third kappa shape index (κ3) is 2.96. The molecule has 0 bridgehead atoms. The van der Waals surface area contributed by atoms with Crippen molar-refractivity contribution in [3.63, 3.8) is 0 Å². The number of nitrogens with zero attached hydrogens (tertiary/aromatic N) is 1. The van der Waals surface area contributed by atoms with Gasteiger partial charge in [-0.15, -0.1) is 0 Å². The molecular weight excluding hydrogens is 286 g/mol. The minimum Gasteiger partial charge on any atom is -0.494 e. The van der Waals surface area contributed by atoms with Gasteiger partial charge in [0.1, 0.15) is 5.75 Å². The van der Waals surface area contributed by atoms with E-state index in [9.17, 15) is 4.79 Å². The van der Waals surface area contributed by atoms with Crippen LogP contribution in [-0.4, -0.2) is 13.0 Å². The van der Waals surface area contributed by atoms with Crippen molar-refractivity contribution in [2.24, 2.45) is 0 Å². The van der Waals surface area contributed by atoms with E-state index in [1.807, 2.05) is 42.2 Å². The quantitative estimate of drug-likeness (QED) is 0.734. The van der Waals surface area contributed by atoms with Gasteiger partial charge in [-0.1, -0.05) is 43.2 Å². The lowest BCUT2D eigenvalue weighted by molar-refractivity contribution is -0.108. The SMILES string of the molecule is CCOc1ccc(N(C=O)C2(c3ccccc3)CCCC2)cc1. The maximum Gasteiger partial charge on any atom is 0.214 e. The van der Waals surface area contributed by atoms with E-state index >= 15 is 0 Å². The second-order valence-corrected chi connectivity index (χ2v) is 6.01. The molecule has 1 amide bonds. The summed E-state index contributed by atoms with van der Waals surface area (Å²) in [6.45, 7) is 2.61. The summed E-state index contributed by atoms with van der Waals surface area (Å²) in [5.74, 6) is 0.835. The summed E-state index contributed by atoms with van der Waals surface area (Å²) < 4.78 is 5.50. The molecule has 1 aliphatic rings. The number of hydrogen-bond acceptors (Lipinski definition) is 2. The molecule has 120 valence electrons. The molecule has 1 aliphatic carbocycles. The van der Waals surface area contributed by atoms with E-state index in [0.717, 1.165) is 43.5 Å². The summed E-state index contributed by atoms with van der Waals surface area (Å²) in [5.41, 5.74) is 1.92. The van der Waals surface area contributed by atoms with E-state index in [0.29, 0.717) is 6.61 Å². The maximum atomic E-state index is 12.0. The summed E-state index contributed by atoms with van der Waals surface area (Å²) in [5, 5.41) is 0. The lowest BCUT2D eigenvalue weighted by Crippen LogP contribution is -2.43. The van der Waals surface area contributed by atoms with E-state index in [4.69, 9.17) is 4.74 Å². The monoisotopic (exact) mass is 309 g/mol. The Morgan fingerprint density at radius 3 is 2.26 bits per heavy atom. The maximum absolute atomic E-state index is 12.0.